The first kappa shape index (κ1) is 51.9. The Morgan fingerprint density at radius 3 is 2.46 bits per heavy atom. The quantitative estimate of drug-likeness (QED) is 0.137. The van der Waals surface area contributed by atoms with Gasteiger partial charge in [-0.05, 0) is 76.5 Å². The van der Waals surface area contributed by atoms with E-state index in [1.165, 1.54) is 47.5 Å². The first-order valence-corrected chi connectivity index (χ1v) is 24.8. The Balaban J connectivity index is 1.14. The molecule has 0 radical (unpaired) electrons. The number of alkyl carbamates (subject to hydrolysis) is 1. The van der Waals surface area contributed by atoms with Gasteiger partial charge in [0.1, 0.15) is 46.1 Å². The van der Waals surface area contributed by atoms with Crippen LogP contribution >= 0.6 is 23.4 Å². The topological polar surface area (TPSA) is 202 Å². The monoisotopic (exact) mass is 970 g/mol. The number of carbonyl (C=O) groups excluding carboxylic acids is 7. The Morgan fingerprint density at radius 2 is 1.79 bits per heavy atom. The Bertz CT molecular complexity index is 2160. The van der Waals surface area contributed by atoms with Crippen molar-refractivity contribution in [2.45, 2.75) is 147 Å². The van der Waals surface area contributed by atoms with E-state index in [-0.39, 0.29) is 65.9 Å². The van der Waals surface area contributed by atoms with Gasteiger partial charge in [-0.1, -0.05) is 56.2 Å². The highest BCUT2D eigenvalue weighted by molar-refractivity contribution is 8.00. The van der Waals surface area contributed by atoms with Crippen molar-refractivity contribution in [1.29, 1.82) is 0 Å². The third kappa shape index (κ3) is 11.7. The van der Waals surface area contributed by atoms with Gasteiger partial charge in [0.2, 0.25) is 23.6 Å². The number of methoxy groups -OCH3 is 1. The molecule has 0 spiro atoms. The van der Waals surface area contributed by atoms with E-state index >= 15 is 0 Å². The number of nitrogens with zero attached hydrogens (tertiary/aromatic N) is 3. The lowest BCUT2D eigenvalue weighted by Crippen LogP contribution is -2.60. The van der Waals surface area contributed by atoms with Gasteiger partial charge in [-0.25, -0.2) is 9.59 Å². The third-order valence-corrected chi connectivity index (χ3v) is 16.2. The third-order valence-electron chi connectivity index (χ3n) is 14.6. The number of epoxide rings is 1. The predicted octanol–water partition coefficient (Wildman–Crippen LogP) is 6.17. The van der Waals surface area contributed by atoms with E-state index in [0.29, 0.717) is 30.8 Å². The van der Waals surface area contributed by atoms with E-state index in [4.69, 9.17) is 30.5 Å². The molecule has 4 heterocycles. The highest BCUT2D eigenvalue weighted by atomic mass is 35.5. The fourth-order valence-electron chi connectivity index (χ4n) is 9.78. The maximum absolute atomic E-state index is 14.3. The number of carbonyl (C=O) groups is 7. The van der Waals surface area contributed by atoms with E-state index in [2.05, 4.69) is 5.32 Å². The van der Waals surface area contributed by atoms with E-state index in [1.54, 1.807) is 39.1 Å². The van der Waals surface area contributed by atoms with Crippen molar-refractivity contribution in [2.75, 3.05) is 38.4 Å². The van der Waals surface area contributed by atoms with Crippen LogP contribution in [0.3, 0.4) is 0 Å². The lowest BCUT2D eigenvalue weighted by atomic mass is 9.79. The molecule has 3 saturated heterocycles. The number of allylic oxidation sites excluding steroid dienone is 3. The van der Waals surface area contributed by atoms with Gasteiger partial charge in [0.15, 0.2) is 0 Å². The van der Waals surface area contributed by atoms with Crippen molar-refractivity contribution < 1.29 is 57.6 Å². The molecule has 1 saturated carbocycles. The highest BCUT2D eigenvalue weighted by Crippen LogP contribution is 2.49. The molecule has 6 rings (SSSR count). The molecule has 4 aliphatic heterocycles. The van der Waals surface area contributed by atoms with Gasteiger partial charge in [0.05, 0.1) is 30.6 Å². The standard InChI is InChI=1S/C49H67ClN4O12S/c1-10-35(55)33-16-14-31(15-17-33)26-54-42(58)23-38(45(54)59)67-19-18-40(56)52(7)30(5)46(60)65-39-24-41(57)53(8)34-21-32(22-36(63-9)43(34)50)20-27(2)12-11-13-28(3)49(62)25-37(64-47(61)51-49)29(4)44-48(39,6)66-44/h11-13,21-22,28-31,33,37-39,44,62H,10,14-20,23-26H2,1-9H3,(H,51,61)/b13-11+,27-12+/t28-,29-,30+,31?,33?,37+,38?,39?,44+,48+,49+/m1/s1. The molecule has 1 aromatic rings. The molecule has 67 heavy (non-hydrogen) atoms. The predicted molar refractivity (Wildman–Crippen MR) is 252 cm³/mol. The van der Waals surface area contributed by atoms with Gasteiger partial charge in [-0.3, -0.25) is 34.2 Å². The summed E-state index contributed by atoms with van der Waals surface area (Å²) in [4.78, 5) is 97.2. The number of imide groups is 1. The molecule has 0 aromatic heterocycles. The van der Waals surface area contributed by atoms with Crippen LogP contribution < -0.4 is 15.0 Å². The number of ether oxygens (including phenoxy) is 4. The van der Waals surface area contributed by atoms with Crippen LogP contribution in [0.1, 0.15) is 105 Å². The van der Waals surface area contributed by atoms with Crippen molar-refractivity contribution in [3.05, 3.63) is 46.5 Å². The molecule has 368 valence electrons. The molecule has 4 bridgehead atoms. The van der Waals surface area contributed by atoms with E-state index in [0.717, 1.165) is 36.8 Å². The van der Waals surface area contributed by atoms with Crippen LogP contribution in [-0.4, -0.2) is 131 Å². The van der Waals surface area contributed by atoms with Crippen molar-refractivity contribution in [3.8, 4) is 5.75 Å². The van der Waals surface area contributed by atoms with Crippen LogP contribution in [0.2, 0.25) is 5.02 Å². The Labute approximate surface area is 402 Å². The number of aliphatic hydroxyl groups is 1. The Morgan fingerprint density at radius 1 is 1.09 bits per heavy atom. The zero-order chi connectivity index (χ0) is 49.1. The molecule has 2 unspecified atom stereocenters. The highest BCUT2D eigenvalue weighted by Gasteiger charge is 2.64. The lowest BCUT2D eigenvalue weighted by Gasteiger charge is -2.41. The average molecular weight is 972 g/mol. The fraction of sp³-hybridized carbons (Fsp3) is 0.653. The van der Waals surface area contributed by atoms with Crippen molar-refractivity contribution in [3.63, 3.8) is 0 Å². The minimum absolute atomic E-state index is 0.0202. The molecule has 5 aliphatic rings. The number of fused-ring (bicyclic) bond motifs is 5. The number of esters is 1. The van der Waals surface area contributed by atoms with Gasteiger partial charge in [-0.15, -0.1) is 11.8 Å². The van der Waals surface area contributed by atoms with E-state index < -0.39 is 76.6 Å². The molecule has 1 aromatic carbocycles. The summed E-state index contributed by atoms with van der Waals surface area (Å²) in [6, 6.07) is 2.48. The number of nitrogens with one attached hydrogen (secondary N) is 1. The molecule has 2 N–H and O–H groups in total. The van der Waals surface area contributed by atoms with Crippen LogP contribution in [0.25, 0.3) is 0 Å². The number of likely N-dealkylation sites (tertiary alicyclic amines) is 1. The summed E-state index contributed by atoms with van der Waals surface area (Å²) in [6.07, 6.45) is 5.86. The van der Waals surface area contributed by atoms with Gasteiger partial charge in [0, 0.05) is 69.8 Å². The van der Waals surface area contributed by atoms with Gasteiger partial charge >= 0.3 is 12.1 Å². The maximum atomic E-state index is 14.3. The van der Waals surface area contributed by atoms with E-state index in [9.17, 15) is 38.7 Å². The number of amides is 5. The zero-order valence-electron chi connectivity index (χ0n) is 40.1. The Kier molecular flexibility index (Phi) is 16.6. The summed E-state index contributed by atoms with van der Waals surface area (Å²) in [5, 5.41) is 14.0. The molecular weight excluding hydrogens is 904 g/mol. The van der Waals surface area contributed by atoms with Gasteiger partial charge in [0.25, 0.3) is 0 Å². The number of rotatable bonds is 12. The number of hydrogen-bond acceptors (Lipinski definition) is 13. The maximum Gasteiger partial charge on any atom is 0.409 e. The number of anilines is 1. The van der Waals surface area contributed by atoms with Crippen molar-refractivity contribution in [2.24, 2.45) is 23.7 Å². The molecule has 5 amide bonds. The second kappa shape index (κ2) is 21.5. The first-order chi connectivity index (χ1) is 31.6. The summed E-state index contributed by atoms with van der Waals surface area (Å²) in [7, 11) is 4.52. The molecule has 4 fully saturated rings. The van der Waals surface area contributed by atoms with Gasteiger partial charge < -0.3 is 33.9 Å². The number of Topliss-reactive ketones (excluding diaryl/α,β-unsaturated/α-hetero) is 1. The SMILES string of the molecule is CCC(=O)C1CCC(CN2C(=O)CC(SCCC(=O)N(C)[C@@H](C)C(=O)OC3CC(=O)N(C)c4cc(cc(OC)c4Cl)C/C(C)=C/C=C/[C@@H](C)[C@@]4(O)C[C@H](OC(=O)N4)[C@@H](C)[C@@H]4O[C@@]34C)C2=O)CC1. The van der Waals surface area contributed by atoms with Gasteiger partial charge in [-0.2, -0.15) is 0 Å². The molecule has 1 aliphatic carbocycles. The minimum Gasteiger partial charge on any atom is -0.495 e. The molecular formula is C49H67ClN4O12S. The largest absolute Gasteiger partial charge is 0.495 e. The normalized spacial score (nSPS) is 33.1. The Hall–Kier alpha value is -4.45. The van der Waals surface area contributed by atoms with Crippen molar-refractivity contribution in [1.82, 2.24) is 15.1 Å². The summed E-state index contributed by atoms with van der Waals surface area (Å²) in [5.74, 6) is -2.12. The summed E-state index contributed by atoms with van der Waals surface area (Å²) < 4.78 is 23.8. The first-order valence-electron chi connectivity index (χ1n) is 23.4. The number of hydrogen-bond donors (Lipinski definition) is 2. The second-order valence-electron chi connectivity index (χ2n) is 19.2. The smallest absolute Gasteiger partial charge is 0.409 e. The van der Waals surface area contributed by atoms with Crippen LogP contribution in [-0.2, 0) is 49.4 Å². The van der Waals surface area contributed by atoms with E-state index in [1.807, 2.05) is 32.9 Å². The fourth-order valence-corrected chi connectivity index (χ4v) is 11.2. The molecule has 16 nitrogen and oxygen atoms in total. The van der Waals surface area contributed by atoms with Crippen LogP contribution in [0.4, 0.5) is 10.5 Å². The number of thioether (sulfide) groups is 1. The molecule has 18 heteroatoms. The number of halogens is 1. The summed E-state index contributed by atoms with van der Waals surface area (Å²) >= 11 is 8.05. The number of benzene rings is 1. The molecule has 9 atom stereocenters. The second-order valence-corrected chi connectivity index (χ2v) is 20.9. The van der Waals surface area contributed by atoms with Crippen LogP contribution in [0.15, 0.2) is 35.9 Å². The zero-order valence-corrected chi connectivity index (χ0v) is 41.7. The lowest BCUT2D eigenvalue weighted by molar-refractivity contribution is -0.162. The summed E-state index contributed by atoms with van der Waals surface area (Å²) in [6.45, 7) is 11.0. The number of ketones is 1. The van der Waals surface area contributed by atoms with Crippen LogP contribution in [0, 0.1) is 23.7 Å². The van der Waals surface area contributed by atoms with Crippen LogP contribution in [0.5, 0.6) is 5.75 Å². The van der Waals surface area contributed by atoms with Crippen molar-refractivity contribution >= 4 is 70.5 Å². The summed E-state index contributed by atoms with van der Waals surface area (Å²) in [5.41, 5.74) is -0.787. The number of likely N-dealkylation sites (N-methyl/N-ethyl adjacent to an activating group) is 1. The minimum atomic E-state index is -1.66. The average Bonchev–Trinajstić information content (AvgIpc) is 3.92.